The molecule has 0 aliphatic heterocycles. The van der Waals surface area contributed by atoms with Gasteiger partial charge in [0.15, 0.2) is 0 Å². The molecule has 1 aromatic carbocycles. The molecule has 1 atom stereocenters. The lowest BCUT2D eigenvalue weighted by Crippen LogP contribution is -1.96. The number of aliphatic hydroxyl groups is 1. The Morgan fingerprint density at radius 1 is 1.29 bits per heavy atom. The first-order valence-corrected chi connectivity index (χ1v) is 4.92. The molecule has 72 valence electrons. The zero-order valence-electron chi connectivity index (χ0n) is 8.27. The minimum Gasteiger partial charge on any atom is -0.389 e. The van der Waals surface area contributed by atoms with E-state index in [1.807, 2.05) is 25.1 Å². The molecule has 1 heteroatoms. The minimum absolute atomic E-state index is 0.396. The lowest BCUT2D eigenvalue weighted by molar-refractivity contribution is 0.199. The number of rotatable bonds is 2. The Bertz CT molecular complexity index is 386. The Balaban J connectivity index is 2.42. The summed E-state index contributed by atoms with van der Waals surface area (Å²) in [6.07, 6.45) is 6.89. The Labute approximate surface area is 84.4 Å². The van der Waals surface area contributed by atoms with Gasteiger partial charge in [0.25, 0.3) is 0 Å². The van der Waals surface area contributed by atoms with Crippen LogP contribution in [0.1, 0.15) is 30.6 Å². The highest BCUT2D eigenvalue weighted by molar-refractivity contribution is 5.73. The van der Waals surface area contributed by atoms with Gasteiger partial charge in [0.05, 0.1) is 6.10 Å². The van der Waals surface area contributed by atoms with E-state index < -0.39 is 6.10 Å². The van der Waals surface area contributed by atoms with Crippen molar-refractivity contribution in [1.29, 1.82) is 0 Å². The van der Waals surface area contributed by atoms with E-state index in [1.54, 1.807) is 0 Å². The quantitative estimate of drug-likeness (QED) is 0.752. The van der Waals surface area contributed by atoms with Gasteiger partial charge in [0, 0.05) is 0 Å². The van der Waals surface area contributed by atoms with Crippen molar-refractivity contribution in [3.05, 3.63) is 53.6 Å². The van der Waals surface area contributed by atoms with Crippen LogP contribution in [0, 0.1) is 0 Å². The van der Waals surface area contributed by atoms with Gasteiger partial charge in [0.2, 0.25) is 0 Å². The maximum Gasteiger partial charge on any atom is 0.0767 e. The normalized spacial score (nSPS) is 16.9. The number of allylic oxidation sites excluding steroid dienone is 4. The van der Waals surface area contributed by atoms with E-state index in [0.717, 1.165) is 12.0 Å². The van der Waals surface area contributed by atoms with Crippen molar-refractivity contribution in [3.8, 4) is 0 Å². The van der Waals surface area contributed by atoms with E-state index in [2.05, 4.69) is 24.3 Å². The van der Waals surface area contributed by atoms with Crippen molar-refractivity contribution in [2.75, 3.05) is 0 Å². The lowest BCUT2D eigenvalue weighted by atomic mass is 9.96. The van der Waals surface area contributed by atoms with Crippen LogP contribution in [0.3, 0.4) is 0 Å². The summed E-state index contributed by atoms with van der Waals surface area (Å²) in [5.41, 5.74) is 3.48. The first-order chi connectivity index (χ1) is 6.79. The second-order valence-electron chi connectivity index (χ2n) is 3.59. The highest BCUT2D eigenvalue weighted by Crippen LogP contribution is 2.29. The Morgan fingerprint density at radius 2 is 2.07 bits per heavy atom. The van der Waals surface area contributed by atoms with E-state index in [0.29, 0.717) is 0 Å². The van der Waals surface area contributed by atoms with Crippen molar-refractivity contribution in [1.82, 2.24) is 0 Å². The third kappa shape index (κ3) is 1.64. The maximum atomic E-state index is 9.62. The summed E-state index contributed by atoms with van der Waals surface area (Å²) >= 11 is 0. The summed E-state index contributed by atoms with van der Waals surface area (Å²) in [5.74, 6) is 0. The molecule has 0 radical (unpaired) electrons. The van der Waals surface area contributed by atoms with Crippen LogP contribution in [0.4, 0.5) is 0 Å². The first kappa shape index (κ1) is 9.22. The van der Waals surface area contributed by atoms with E-state index in [9.17, 15) is 5.11 Å². The molecular weight excluding hydrogens is 172 g/mol. The molecule has 0 bridgehead atoms. The second-order valence-corrected chi connectivity index (χ2v) is 3.59. The largest absolute Gasteiger partial charge is 0.389 e. The van der Waals surface area contributed by atoms with Crippen molar-refractivity contribution in [3.63, 3.8) is 0 Å². The van der Waals surface area contributed by atoms with Crippen LogP contribution in [0.5, 0.6) is 0 Å². The van der Waals surface area contributed by atoms with Gasteiger partial charge < -0.3 is 5.11 Å². The van der Waals surface area contributed by atoms with Crippen LogP contribution in [0.2, 0.25) is 0 Å². The summed E-state index contributed by atoms with van der Waals surface area (Å²) in [7, 11) is 0. The molecule has 0 saturated heterocycles. The first-order valence-electron chi connectivity index (χ1n) is 4.92. The Morgan fingerprint density at radius 3 is 2.71 bits per heavy atom. The van der Waals surface area contributed by atoms with E-state index in [1.165, 1.54) is 11.1 Å². The third-order valence-corrected chi connectivity index (χ3v) is 2.53. The molecule has 0 spiro atoms. The van der Waals surface area contributed by atoms with Crippen molar-refractivity contribution in [2.45, 2.75) is 19.4 Å². The van der Waals surface area contributed by atoms with Gasteiger partial charge in [-0.25, -0.2) is 0 Å². The van der Waals surface area contributed by atoms with Crippen molar-refractivity contribution < 1.29 is 5.11 Å². The summed E-state index contributed by atoms with van der Waals surface area (Å²) in [4.78, 5) is 0. The SMILES string of the molecule is CC(O)c1ccccc1C1=CC=CC1. The summed E-state index contributed by atoms with van der Waals surface area (Å²) in [5, 5.41) is 9.62. The van der Waals surface area contributed by atoms with Crippen LogP contribution < -0.4 is 0 Å². The third-order valence-electron chi connectivity index (χ3n) is 2.53. The standard InChI is InChI=1S/C13H14O/c1-10(14)12-8-4-5-9-13(12)11-6-2-3-7-11/h2-6,8-10,14H,7H2,1H3. The topological polar surface area (TPSA) is 20.2 Å². The molecule has 1 aliphatic rings. The molecule has 1 aliphatic carbocycles. The molecule has 0 saturated carbocycles. The molecule has 1 unspecified atom stereocenters. The number of hydrogen-bond acceptors (Lipinski definition) is 1. The Kier molecular flexibility index (Phi) is 2.51. The van der Waals surface area contributed by atoms with Crippen LogP contribution in [-0.2, 0) is 0 Å². The van der Waals surface area contributed by atoms with Crippen LogP contribution >= 0.6 is 0 Å². The predicted molar refractivity (Wildman–Crippen MR) is 58.8 cm³/mol. The van der Waals surface area contributed by atoms with Gasteiger partial charge in [-0.15, -0.1) is 0 Å². The molecule has 0 fully saturated rings. The van der Waals surface area contributed by atoms with Crippen LogP contribution in [0.25, 0.3) is 5.57 Å². The predicted octanol–water partition coefficient (Wildman–Crippen LogP) is 3.08. The fraction of sp³-hybridized carbons (Fsp3) is 0.231. The van der Waals surface area contributed by atoms with Gasteiger partial charge in [-0.3, -0.25) is 0 Å². The van der Waals surface area contributed by atoms with Crippen molar-refractivity contribution in [2.24, 2.45) is 0 Å². The van der Waals surface area contributed by atoms with E-state index >= 15 is 0 Å². The van der Waals surface area contributed by atoms with Gasteiger partial charge in [-0.1, -0.05) is 42.5 Å². The lowest BCUT2D eigenvalue weighted by Gasteiger charge is -2.12. The van der Waals surface area contributed by atoms with Crippen LogP contribution in [0.15, 0.2) is 42.5 Å². The average Bonchev–Trinajstić information content (AvgIpc) is 2.70. The maximum absolute atomic E-state index is 9.62. The summed E-state index contributed by atoms with van der Waals surface area (Å²) in [6, 6.07) is 8.04. The highest BCUT2D eigenvalue weighted by atomic mass is 16.3. The molecule has 2 rings (SSSR count). The van der Waals surface area contributed by atoms with Gasteiger partial charge in [-0.2, -0.15) is 0 Å². The van der Waals surface area contributed by atoms with Crippen LogP contribution in [-0.4, -0.2) is 5.11 Å². The molecule has 1 nitrogen and oxygen atoms in total. The van der Waals surface area contributed by atoms with Gasteiger partial charge in [0.1, 0.15) is 0 Å². The fourth-order valence-electron chi connectivity index (χ4n) is 1.80. The van der Waals surface area contributed by atoms with Gasteiger partial charge >= 0.3 is 0 Å². The smallest absolute Gasteiger partial charge is 0.0767 e. The Hall–Kier alpha value is -1.34. The second kappa shape index (κ2) is 3.81. The van der Waals surface area contributed by atoms with Crippen molar-refractivity contribution >= 4 is 5.57 Å². The number of benzene rings is 1. The molecule has 0 heterocycles. The molecule has 0 aromatic heterocycles. The number of aliphatic hydroxyl groups excluding tert-OH is 1. The molecular formula is C13H14O. The van der Waals surface area contributed by atoms with Gasteiger partial charge in [-0.05, 0) is 30.0 Å². The zero-order chi connectivity index (χ0) is 9.97. The average molecular weight is 186 g/mol. The monoisotopic (exact) mass is 186 g/mol. The highest BCUT2D eigenvalue weighted by Gasteiger charge is 2.10. The summed E-state index contributed by atoms with van der Waals surface area (Å²) < 4.78 is 0. The molecule has 1 N–H and O–H groups in total. The fourth-order valence-corrected chi connectivity index (χ4v) is 1.80. The van der Waals surface area contributed by atoms with E-state index in [-0.39, 0.29) is 0 Å². The van der Waals surface area contributed by atoms with E-state index in [4.69, 9.17) is 0 Å². The number of hydrogen-bond donors (Lipinski definition) is 1. The minimum atomic E-state index is -0.396. The summed E-state index contributed by atoms with van der Waals surface area (Å²) in [6.45, 7) is 1.81. The zero-order valence-corrected chi connectivity index (χ0v) is 8.27. The molecule has 14 heavy (non-hydrogen) atoms. The molecule has 1 aromatic rings. The molecule has 0 amide bonds.